The van der Waals surface area contributed by atoms with Crippen LogP contribution in [0.3, 0.4) is 0 Å². The number of sulfonamides is 1. The maximum atomic E-state index is 12.6. The molecule has 0 saturated carbocycles. The van der Waals surface area contributed by atoms with Crippen molar-refractivity contribution in [3.8, 4) is 0 Å². The van der Waals surface area contributed by atoms with E-state index in [1.165, 1.54) is 0 Å². The number of hydrogen-bond acceptors (Lipinski definition) is 4. The molecule has 1 aliphatic rings. The van der Waals surface area contributed by atoms with Gasteiger partial charge in [-0.3, -0.25) is 4.68 Å². The number of rotatable bonds is 3. The zero-order valence-electron chi connectivity index (χ0n) is 11.7. The van der Waals surface area contributed by atoms with Crippen molar-refractivity contribution in [3.05, 3.63) is 11.4 Å². The van der Waals surface area contributed by atoms with E-state index in [0.29, 0.717) is 29.4 Å². The summed E-state index contributed by atoms with van der Waals surface area (Å²) >= 11 is 0. The van der Waals surface area contributed by atoms with Crippen LogP contribution in [0, 0.1) is 13.8 Å². The number of hydrogen-bond donors (Lipinski definition) is 1. The first-order valence-corrected chi connectivity index (χ1v) is 7.49. The minimum atomic E-state index is -3.41. The second-order valence-corrected chi connectivity index (χ2v) is 6.64. The van der Waals surface area contributed by atoms with Gasteiger partial charge in [0.2, 0.25) is 10.0 Å². The average molecular weight is 309 g/mol. The predicted octanol–water partition coefficient (Wildman–Crippen LogP) is 0.441. The molecule has 0 aromatic carbocycles. The number of halogens is 1. The Morgan fingerprint density at radius 1 is 1.37 bits per heavy atom. The molecule has 1 aliphatic heterocycles. The summed E-state index contributed by atoms with van der Waals surface area (Å²) in [5.74, 6) is 0. The molecule has 1 saturated heterocycles. The molecule has 1 fully saturated rings. The van der Waals surface area contributed by atoms with Crippen LogP contribution in [0.2, 0.25) is 0 Å². The highest BCUT2D eigenvalue weighted by molar-refractivity contribution is 7.89. The Bertz CT molecular complexity index is 555. The van der Waals surface area contributed by atoms with Gasteiger partial charge in [-0.05, 0) is 27.3 Å². The van der Waals surface area contributed by atoms with Crippen LogP contribution in [0.25, 0.3) is 0 Å². The summed E-state index contributed by atoms with van der Waals surface area (Å²) in [7, 11) is 0.216. The highest BCUT2D eigenvalue weighted by atomic mass is 35.5. The summed E-state index contributed by atoms with van der Waals surface area (Å²) in [4.78, 5) is 0.363. The zero-order valence-corrected chi connectivity index (χ0v) is 13.3. The highest BCUT2D eigenvalue weighted by Crippen LogP contribution is 2.25. The predicted molar refractivity (Wildman–Crippen MR) is 76.2 cm³/mol. The molecule has 6 nitrogen and oxygen atoms in total. The monoisotopic (exact) mass is 308 g/mol. The van der Waals surface area contributed by atoms with Gasteiger partial charge in [-0.15, -0.1) is 12.4 Å². The summed E-state index contributed by atoms with van der Waals surface area (Å²) in [5.41, 5.74) is 1.27. The maximum absolute atomic E-state index is 12.6. The third-order valence-electron chi connectivity index (χ3n) is 3.60. The van der Waals surface area contributed by atoms with Crippen molar-refractivity contribution in [1.82, 2.24) is 19.4 Å². The van der Waals surface area contributed by atoms with Crippen LogP contribution < -0.4 is 5.32 Å². The van der Waals surface area contributed by atoms with Crippen molar-refractivity contribution in [1.29, 1.82) is 0 Å². The zero-order chi connectivity index (χ0) is 13.5. The van der Waals surface area contributed by atoms with Crippen molar-refractivity contribution < 1.29 is 8.42 Å². The largest absolute Gasteiger partial charge is 0.316 e. The normalized spacial score (nSPS) is 20.5. The highest BCUT2D eigenvalue weighted by Gasteiger charge is 2.35. The van der Waals surface area contributed by atoms with Crippen LogP contribution in [-0.2, 0) is 17.1 Å². The smallest absolute Gasteiger partial charge is 0.246 e. The van der Waals surface area contributed by atoms with Gasteiger partial charge in [0, 0.05) is 26.2 Å². The molecule has 0 bridgehead atoms. The van der Waals surface area contributed by atoms with Gasteiger partial charge in [0.25, 0.3) is 0 Å². The molecule has 2 rings (SSSR count). The molecular formula is C11H21ClN4O2S. The van der Waals surface area contributed by atoms with Crippen molar-refractivity contribution in [2.45, 2.75) is 31.2 Å². The topological polar surface area (TPSA) is 67.2 Å². The molecule has 8 heteroatoms. The minimum absolute atomic E-state index is 0. The van der Waals surface area contributed by atoms with Gasteiger partial charge < -0.3 is 5.32 Å². The van der Waals surface area contributed by atoms with Crippen molar-refractivity contribution >= 4 is 22.4 Å². The SMILES string of the molecule is CNC1CCN(S(=O)(=O)c2c(C)nn(C)c2C)C1.Cl. The molecule has 1 unspecified atom stereocenters. The Balaban J connectivity index is 0.00000180. The summed E-state index contributed by atoms with van der Waals surface area (Å²) in [6.45, 7) is 4.64. The molecule has 1 aromatic heterocycles. The first kappa shape index (κ1) is 16.4. The van der Waals surface area contributed by atoms with Gasteiger partial charge in [-0.25, -0.2) is 8.42 Å². The first-order valence-electron chi connectivity index (χ1n) is 6.05. The van der Waals surface area contributed by atoms with Gasteiger partial charge in [-0.1, -0.05) is 0 Å². The summed E-state index contributed by atoms with van der Waals surface area (Å²) in [6.07, 6.45) is 0.855. The molecule has 0 spiro atoms. The number of aromatic nitrogens is 2. The summed E-state index contributed by atoms with van der Waals surface area (Å²) in [6, 6.07) is 0.247. The number of likely N-dealkylation sites (N-methyl/N-ethyl adjacent to an activating group) is 1. The standard InChI is InChI=1S/C11H20N4O2S.ClH/c1-8-11(9(2)14(4)13-8)18(16,17)15-6-5-10(7-15)12-3;/h10,12H,5-7H2,1-4H3;1H. The molecule has 2 heterocycles. The van der Waals surface area contributed by atoms with Crippen LogP contribution in [0.4, 0.5) is 0 Å². The molecule has 110 valence electrons. The lowest BCUT2D eigenvalue weighted by Gasteiger charge is -2.16. The maximum Gasteiger partial charge on any atom is 0.246 e. The number of nitrogens with one attached hydrogen (secondary N) is 1. The Labute approximate surface area is 120 Å². The third kappa shape index (κ3) is 2.79. The van der Waals surface area contributed by atoms with E-state index >= 15 is 0 Å². The van der Waals surface area contributed by atoms with Crippen LogP contribution in [0.1, 0.15) is 17.8 Å². The van der Waals surface area contributed by atoms with E-state index in [9.17, 15) is 8.42 Å². The Hall–Kier alpha value is -0.630. The molecule has 19 heavy (non-hydrogen) atoms. The van der Waals surface area contributed by atoms with Crippen molar-refractivity contribution in [2.75, 3.05) is 20.1 Å². The van der Waals surface area contributed by atoms with E-state index in [0.717, 1.165) is 6.42 Å². The van der Waals surface area contributed by atoms with E-state index in [2.05, 4.69) is 10.4 Å². The van der Waals surface area contributed by atoms with Gasteiger partial charge in [0.1, 0.15) is 4.90 Å². The molecule has 0 aliphatic carbocycles. The second kappa shape index (κ2) is 5.78. The molecule has 0 radical (unpaired) electrons. The second-order valence-electron chi connectivity index (χ2n) is 4.76. The van der Waals surface area contributed by atoms with Crippen molar-refractivity contribution in [2.24, 2.45) is 7.05 Å². The summed E-state index contributed by atoms with van der Waals surface area (Å²) in [5, 5.41) is 7.31. The number of nitrogens with zero attached hydrogens (tertiary/aromatic N) is 3. The molecular weight excluding hydrogens is 288 g/mol. The van der Waals surface area contributed by atoms with Crippen LogP contribution in [-0.4, -0.2) is 48.7 Å². The van der Waals surface area contributed by atoms with E-state index in [1.54, 1.807) is 29.9 Å². The minimum Gasteiger partial charge on any atom is -0.316 e. The molecule has 1 atom stereocenters. The van der Waals surface area contributed by atoms with E-state index in [-0.39, 0.29) is 18.4 Å². The van der Waals surface area contributed by atoms with Crippen LogP contribution in [0.15, 0.2) is 4.90 Å². The van der Waals surface area contributed by atoms with Crippen LogP contribution >= 0.6 is 12.4 Å². The van der Waals surface area contributed by atoms with Gasteiger partial charge >= 0.3 is 0 Å². The Morgan fingerprint density at radius 2 is 2.00 bits per heavy atom. The lowest BCUT2D eigenvalue weighted by Crippen LogP contribution is -2.33. The van der Waals surface area contributed by atoms with Crippen molar-refractivity contribution in [3.63, 3.8) is 0 Å². The Morgan fingerprint density at radius 3 is 2.42 bits per heavy atom. The fraction of sp³-hybridized carbons (Fsp3) is 0.727. The molecule has 0 amide bonds. The quantitative estimate of drug-likeness (QED) is 0.880. The lowest BCUT2D eigenvalue weighted by molar-refractivity contribution is 0.463. The summed E-state index contributed by atoms with van der Waals surface area (Å²) < 4.78 is 28.4. The average Bonchev–Trinajstić information content (AvgIpc) is 2.85. The molecule has 1 N–H and O–H groups in total. The van der Waals surface area contributed by atoms with Crippen LogP contribution in [0.5, 0.6) is 0 Å². The van der Waals surface area contributed by atoms with Gasteiger partial charge in [-0.2, -0.15) is 9.40 Å². The lowest BCUT2D eigenvalue weighted by atomic mass is 10.3. The van der Waals surface area contributed by atoms with E-state index in [1.807, 2.05) is 7.05 Å². The third-order valence-corrected chi connectivity index (χ3v) is 5.72. The van der Waals surface area contributed by atoms with Gasteiger partial charge in [0.05, 0.1) is 11.4 Å². The van der Waals surface area contributed by atoms with E-state index in [4.69, 9.17) is 0 Å². The number of aryl methyl sites for hydroxylation is 2. The van der Waals surface area contributed by atoms with Gasteiger partial charge in [0.15, 0.2) is 0 Å². The first-order chi connectivity index (χ1) is 8.37. The Kier molecular flexibility index (Phi) is 5.00. The van der Waals surface area contributed by atoms with E-state index < -0.39 is 10.0 Å². The molecule has 1 aromatic rings. The fourth-order valence-electron chi connectivity index (χ4n) is 2.44. The fourth-order valence-corrected chi connectivity index (χ4v) is 4.34.